The molecule has 0 N–H and O–H groups in total. The molecule has 2 saturated carbocycles. The van der Waals surface area contributed by atoms with Crippen LogP contribution in [-0.4, -0.2) is 45.4 Å². The number of hydrogen-bond donors (Lipinski definition) is 0. The van der Waals surface area contributed by atoms with E-state index in [1.54, 1.807) is 4.90 Å². The molecule has 2 atom stereocenters. The van der Waals surface area contributed by atoms with Gasteiger partial charge in [-0.15, -0.1) is 0 Å². The van der Waals surface area contributed by atoms with Crippen LogP contribution < -0.4 is 4.90 Å². The Bertz CT molecular complexity index is 715. The van der Waals surface area contributed by atoms with Gasteiger partial charge in [0.05, 0.1) is 12.1 Å². The van der Waals surface area contributed by atoms with Crippen molar-refractivity contribution in [2.45, 2.75) is 70.0 Å². The van der Waals surface area contributed by atoms with Gasteiger partial charge in [0.25, 0.3) is 5.91 Å². The van der Waals surface area contributed by atoms with Crippen molar-refractivity contribution in [3.05, 3.63) is 11.5 Å². The number of aliphatic imine (C=N–C) groups is 1. The van der Waals surface area contributed by atoms with Gasteiger partial charge in [0.2, 0.25) is 5.96 Å². The highest BCUT2D eigenvalue weighted by molar-refractivity contribution is 6.18. The number of aryl methyl sites for hydroxylation is 1. The molecule has 1 amide bonds. The van der Waals surface area contributed by atoms with Crippen molar-refractivity contribution in [3.63, 3.8) is 0 Å². The zero-order chi connectivity index (χ0) is 15.7. The molecule has 2 aliphatic carbocycles. The lowest BCUT2D eigenvalue weighted by Gasteiger charge is -2.35. The number of hydrogen-bond acceptors (Lipinski definition) is 4. The van der Waals surface area contributed by atoms with E-state index in [4.69, 9.17) is 9.98 Å². The maximum absolute atomic E-state index is 13.0. The summed E-state index contributed by atoms with van der Waals surface area (Å²) in [4.78, 5) is 26.7. The Morgan fingerprint density at radius 1 is 1.09 bits per heavy atom. The monoisotopic (exact) mass is 313 g/mol. The molecule has 0 saturated heterocycles. The molecule has 3 heterocycles. The van der Waals surface area contributed by atoms with Crippen molar-refractivity contribution in [3.8, 4) is 0 Å². The van der Waals surface area contributed by atoms with Gasteiger partial charge in [0.15, 0.2) is 11.5 Å². The SMILES string of the molecule is Cc1nc2c(n1C1CCCC1)C(=O)N(C)C1=N[C@H]3CCC[C@H]3N12. The number of rotatable bonds is 1. The van der Waals surface area contributed by atoms with Gasteiger partial charge in [-0.2, -0.15) is 0 Å². The van der Waals surface area contributed by atoms with E-state index in [0.717, 1.165) is 49.0 Å². The maximum atomic E-state index is 13.0. The van der Waals surface area contributed by atoms with Crippen molar-refractivity contribution in [1.82, 2.24) is 14.5 Å². The third-order valence-electron chi connectivity index (χ3n) is 6.07. The van der Waals surface area contributed by atoms with Crippen LogP contribution in [0, 0.1) is 6.92 Å². The predicted molar refractivity (Wildman–Crippen MR) is 87.9 cm³/mol. The zero-order valence-corrected chi connectivity index (χ0v) is 13.8. The fraction of sp³-hybridized carbons (Fsp3) is 0.706. The molecule has 2 aliphatic heterocycles. The van der Waals surface area contributed by atoms with Crippen LogP contribution >= 0.6 is 0 Å². The number of fused-ring (bicyclic) bond motifs is 5. The molecule has 0 bridgehead atoms. The minimum atomic E-state index is 0.0578. The van der Waals surface area contributed by atoms with Crippen molar-refractivity contribution in [2.75, 3.05) is 11.9 Å². The van der Waals surface area contributed by atoms with Crippen molar-refractivity contribution < 1.29 is 4.79 Å². The summed E-state index contributed by atoms with van der Waals surface area (Å²) in [5, 5.41) is 0. The molecule has 0 spiro atoms. The summed E-state index contributed by atoms with van der Waals surface area (Å²) >= 11 is 0. The molecule has 4 aliphatic rings. The summed E-state index contributed by atoms with van der Waals surface area (Å²) in [6.45, 7) is 2.04. The molecular formula is C17H23N5O. The van der Waals surface area contributed by atoms with Gasteiger partial charge in [-0.1, -0.05) is 12.8 Å². The Morgan fingerprint density at radius 3 is 2.65 bits per heavy atom. The Balaban J connectivity index is 1.68. The standard InChI is InChI=1S/C17H23N5O/c1-10-18-15-14(21(10)11-6-3-4-7-11)16(23)20(2)17-19-12-8-5-9-13(12)22(15)17/h11-13H,3-9H2,1-2H3/t12-,13+/m0/s1. The van der Waals surface area contributed by atoms with Crippen molar-refractivity contribution >= 4 is 17.7 Å². The summed E-state index contributed by atoms with van der Waals surface area (Å²) in [6.07, 6.45) is 8.32. The second-order valence-corrected chi connectivity index (χ2v) is 7.37. The Hall–Kier alpha value is -1.85. The molecule has 1 aromatic rings. The number of imidazole rings is 1. The minimum Gasteiger partial charge on any atom is -0.319 e. The van der Waals surface area contributed by atoms with Gasteiger partial charge in [-0.05, 0) is 39.0 Å². The average molecular weight is 313 g/mol. The third kappa shape index (κ3) is 1.66. The van der Waals surface area contributed by atoms with Gasteiger partial charge in [0.1, 0.15) is 5.82 Å². The lowest BCUT2D eigenvalue weighted by Crippen LogP contribution is -2.51. The van der Waals surface area contributed by atoms with E-state index in [1.807, 2.05) is 14.0 Å². The number of nitrogens with zero attached hydrogens (tertiary/aromatic N) is 5. The van der Waals surface area contributed by atoms with E-state index >= 15 is 0 Å². The maximum Gasteiger partial charge on any atom is 0.280 e. The molecule has 5 rings (SSSR count). The van der Waals surface area contributed by atoms with Gasteiger partial charge in [0, 0.05) is 13.1 Å². The van der Waals surface area contributed by atoms with Gasteiger partial charge >= 0.3 is 0 Å². The first-order chi connectivity index (χ1) is 11.2. The third-order valence-corrected chi connectivity index (χ3v) is 6.07. The van der Waals surface area contributed by atoms with E-state index < -0.39 is 0 Å². The highest BCUT2D eigenvalue weighted by atomic mass is 16.2. The fourth-order valence-electron chi connectivity index (χ4n) is 4.99. The second kappa shape index (κ2) is 4.58. The molecule has 6 heteroatoms. The smallest absolute Gasteiger partial charge is 0.280 e. The average Bonchev–Trinajstić information content (AvgIpc) is 3.26. The lowest BCUT2D eigenvalue weighted by molar-refractivity contribution is 0.0852. The normalized spacial score (nSPS) is 29.8. The molecular weight excluding hydrogens is 290 g/mol. The number of aromatic nitrogens is 2. The predicted octanol–water partition coefficient (Wildman–Crippen LogP) is 2.49. The summed E-state index contributed by atoms with van der Waals surface area (Å²) in [5.41, 5.74) is 0.795. The number of guanidine groups is 1. The molecule has 23 heavy (non-hydrogen) atoms. The largest absolute Gasteiger partial charge is 0.319 e. The summed E-state index contributed by atoms with van der Waals surface area (Å²) in [6, 6.07) is 1.16. The molecule has 122 valence electrons. The van der Waals surface area contributed by atoms with E-state index in [1.165, 1.54) is 19.3 Å². The Kier molecular flexibility index (Phi) is 2.71. The highest BCUT2D eigenvalue weighted by Gasteiger charge is 2.49. The number of anilines is 1. The summed E-state index contributed by atoms with van der Waals surface area (Å²) in [7, 11) is 1.86. The number of carbonyl (C=O) groups excluding carboxylic acids is 1. The lowest BCUT2D eigenvalue weighted by atomic mass is 10.1. The van der Waals surface area contributed by atoms with Gasteiger partial charge < -0.3 is 4.57 Å². The van der Waals surface area contributed by atoms with E-state index in [9.17, 15) is 4.79 Å². The van der Waals surface area contributed by atoms with Crippen LogP contribution in [0.1, 0.15) is 67.3 Å². The van der Waals surface area contributed by atoms with E-state index in [-0.39, 0.29) is 5.91 Å². The molecule has 0 aromatic carbocycles. The van der Waals surface area contributed by atoms with Crippen LogP contribution in [0.15, 0.2) is 4.99 Å². The Labute approximate surface area is 136 Å². The second-order valence-electron chi connectivity index (χ2n) is 7.37. The zero-order valence-electron chi connectivity index (χ0n) is 13.8. The fourth-order valence-corrected chi connectivity index (χ4v) is 4.99. The van der Waals surface area contributed by atoms with Gasteiger partial charge in [-0.25, -0.2) is 9.98 Å². The highest BCUT2D eigenvalue weighted by Crippen LogP contribution is 2.42. The Morgan fingerprint density at radius 2 is 1.87 bits per heavy atom. The molecule has 2 fully saturated rings. The molecule has 6 nitrogen and oxygen atoms in total. The van der Waals surface area contributed by atoms with E-state index in [2.05, 4.69) is 9.47 Å². The molecule has 1 aromatic heterocycles. The topological polar surface area (TPSA) is 53.7 Å². The van der Waals surface area contributed by atoms with Crippen LogP contribution in [0.4, 0.5) is 5.82 Å². The number of amides is 1. The van der Waals surface area contributed by atoms with E-state index in [0.29, 0.717) is 18.1 Å². The first-order valence-corrected chi connectivity index (χ1v) is 8.90. The van der Waals surface area contributed by atoms with Crippen LogP contribution in [0.3, 0.4) is 0 Å². The molecule has 0 unspecified atom stereocenters. The first-order valence-electron chi connectivity index (χ1n) is 8.90. The summed E-state index contributed by atoms with van der Waals surface area (Å²) < 4.78 is 2.22. The van der Waals surface area contributed by atoms with Crippen LogP contribution in [0.5, 0.6) is 0 Å². The van der Waals surface area contributed by atoms with Gasteiger partial charge in [-0.3, -0.25) is 14.6 Å². The first kappa shape index (κ1) is 13.6. The van der Waals surface area contributed by atoms with Crippen LogP contribution in [0.25, 0.3) is 0 Å². The number of carbonyl (C=O) groups is 1. The minimum absolute atomic E-state index is 0.0578. The van der Waals surface area contributed by atoms with Crippen molar-refractivity contribution in [1.29, 1.82) is 0 Å². The van der Waals surface area contributed by atoms with Crippen molar-refractivity contribution in [2.24, 2.45) is 4.99 Å². The quantitative estimate of drug-likeness (QED) is 0.800. The van der Waals surface area contributed by atoms with Crippen LogP contribution in [-0.2, 0) is 0 Å². The molecule has 0 radical (unpaired) electrons. The summed E-state index contributed by atoms with van der Waals surface area (Å²) in [5.74, 6) is 2.72. The van der Waals surface area contributed by atoms with Crippen LogP contribution in [0.2, 0.25) is 0 Å².